The highest BCUT2D eigenvalue weighted by atomic mass is 19.4. The van der Waals surface area contributed by atoms with E-state index in [2.05, 4.69) is 113 Å². The van der Waals surface area contributed by atoms with Gasteiger partial charge in [-0.05, 0) is 98.0 Å². The topological polar surface area (TPSA) is 33.6 Å². The van der Waals surface area contributed by atoms with E-state index in [1.54, 1.807) is 12.1 Å². The molecule has 2 heterocycles. The predicted molar refractivity (Wildman–Crippen MR) is 250 cm³/mol. The van der Waals surface area contributed by atoms with E-state index < -0.39 is 29.0 Å². The third kappa shape index (κ3) is 7.63. The Hall–Kier alpha value is -6.01. The summed E-state index contributed by atoms with van der Waals surface area (Å²) >= 11 is 0. The van der Waals surface area contributed by atoms with Crippen molar-refractivity contribution in [2.75, 3.05) is 0 Å². The zero-order valence-electron chi connectivity index (χ0n) is 38.4. The number of nitriles is 1. The molecule has 0 saturated heterocycles. The van der Waals surface area contributed by atoms with Gasteiger partial charge in [0.2, 0.25) is 0 Å². The molecule has 0 bridgehead atoms. The van der Waals surface area contributed by atoms with E-state index in [4.69, 9.17) is 0 Å². The Morgan fingerprint density at radius 2 is 0.703 bits per heavy atom. The van der Waals surface area contributed by atoms with Crippen LogP contribution in [0.3, 0.4) is 0 Å². The van der Waals surface area contributed by atoms with Gasteiger partial charge in [0.25, 0.3) is 0 Å². The van der Waals surface area contributed by atoms with E-state index in [0.717, 1.165) is 55.9 Å². The van der Waals surface area contributed by atoms with Crippen LogP contribution < -0.4 is 0 Å². The zero-order valence-corrected chi connectivity index (χ0v) is 38.4. The van der Waals surface area contributed by atoms with Crippen molar-refractivity contribution in [3.63, 3.8) is 0 Å². The van der Waals surface area contributed by atoms with Gasteiger partial charge in [-0.25, -0.2) is 0 Å². The highest BCUT2D eigenvalue weighted by Gasteiger charge is 2.40. The summed E-state index contributed by atoms with van der Waals surface area (Å²) in [6, 6.07) is 31.8. The Kier molecular flexibility index (Phi) is 10.1. The van der Waals surface area contributed by atoms with Crippen LogP contribution in [0.15, 0.2) is 103 Å². The van der Waals surface area contributed by atoms with Gasteiger partial charge in [0.15, 0.2) is 0 Å². The van der Waals surface area contributed by atoms with Crippen LogP contribution in [0.1, 0.15) is 122 Å². The lowest BCUT2D eigenvalue weighted by Gasteiger charge is -2.25. The van der Waals surface area contributed by atoms with Crippen molar-refractivity contribution in [3.05, 3.63) is 142 Å². The number of hydrogen-bond acceptors (Lipinski definition) is 1. The maximum absolute atomic E-state index is 15.7. The van der Waals surface area contributed by atoms with Crippen LogP contribution in [0.4, 0.5) is 26.3 Å². The van der Waals surface area contributed by atoms with Crippen molar-refractivity contribution in [2.45, 2.75) is 117 Å². The number of nitrogens with zero attached hydrogens (tertiary/aromatic N) is 3. The molecule has 0 N–H and O–H groups in total. The van der Waals surface area contributed by atoms with Crippen molar-refractivity contribution in [3.8, 4) is 28.6 Å². The lowest BCUT2D eigenvalue weighted by Crippen LogP contribution is -2.15. The van der Waals surface area contributed by atoms with Crippen LogP contribution in [0.25, 0.3) is 66.1 Å². The normalized spacial score (nSPS) is 13.5. The average Bonchev–Trinajstić information content (AvgIpc) is 3.69. The summed E-state index contributed by atoms with van der Waals surface area (Å²) in [5.41, 5.74) is 2.64. The highest BCUT2D eigenvalue weighted by Crippen LogP contribution is 2.49. The molecule has 0 aliphatic heterocycles. The summed E-state index contributed by atoms with van der Waals surface area (Å²) < 4.78 is 94.2. The van der Waals surface area contributed by atoms with Gasteiger partial charge < -0.3 is 9.13 Å². The molecule has 9 heteroatoms. The third-order valence-corrected chi connectivity index (χ3v) is 12.6. The first-order valence-corrected chi connectivity index (χ1v) is 21.5. The third-order valence-electron chi connectivity index (χ3n) is 12.6. The van der Waals surface area contributed by atoms with Gasteiger partial charge in [0, 0.05) is 27.1 Å². The van der Waals surface area contributed by atoms with Gasteiger partial charge >= 0.3 is 12.4 Å². The quantitative estimate of drug-likeness (QED) is 0.163. The van der Waals surface area contributed by atoms with Crippen LogP contribution in [-0.4, -0.2) is 9.13 Å². The molecule has 64 heavy (non-hydrogen) atoms. The van der Waals surface area contributed by atoms with E-state index in [1.165, 1.54) is 0 Å². The van der Waals surface area contributed by atoms with Crippen LogP contribution in [0.2, 0.25) is 0 Å². The minimum absolute atomic E-state index is 0.0299. The molecule has 2 aromatic heterocycles. The molecule has 3 nitrogen and oxygen atoms in total. The molecule has 0 fully saturated rings. The molecule has 8 aromatic rings. The number of hydrogen-bond donors (Lipinski definition) is 0. The lowest BCUT2D eigenvalue weighted by atomic mass is 9.86. The molecule has 0 amide bonds. The molecule has 0 saturated carbocycles. The maximum atomic E-state index is 15.7. The summed E-state index contributed by atoms with van der Waals surface area (Å²) in [5, 5.41) is 14.3. The number of halogens is 6. The molecule has 8 rings (SSSR count). The Labute approximate surface area is 370 Å². The Bertz CT molecular complexity index is 2910. The summed E-state index contributed by atoms with van der Waals surface area (Å²) in [6.45, 7) is 25.0. The first-order chi connectivity index (χ1) is 29.5. The van der Waals surface area contributed by atoms with Crippen LogP contribution >= 0.6 is 0 Å². The van der Waals surface area contributed by atoms with Crippen LogP contribution in [0.5, 0.6) is 0 Å². The van der Waals surface area contributed by atoms with Crippen molar-refractivity contribution in [1.29, 1.82) is 5.26 Å². The van der Waals surface area contributed by atoms with Crippen molar-refractivity contribution < 1.29 is 26.3 Å². The fraction of sp³-hybridized carbons (Fsp3) is 0.327. The minimum atomic E-state index is -5.21. The summed E-state index contributed by atoms with van der Waals surface area (Å²) in [4.78, 5) is 0. The van der Waals surface area contributed by atoms with E-state index in [9.17, 15) is 18.4 Å². The number of fused-ring (bicyclic) bond motifs is 6. The Balaban J connectivity index is 1.69. The summed E-state index contributed by atoms with van der Waals surface area (Å²) in [6.07, 6.45) is -10.3. The lowest BCUT2D eigenvalue weighted by molar-refractivity contribution is -0.142. The predicted octanol–water partition coefficient (Wildman–Crippen LogP) is 16.6. The molecular weight excluding hydrogens is 817 g/mol. The fourth-order valence-corrected chi connectivity index (χ4v) is 8.90. The van der Waals surface area contributed by atoms with Gasteiger partial charge in [-0.3, -0.25) is 0 Å². The average molecular weight is 870 g/mol. The first kappa shape index (κ1) is 44.6. The molecule has 0 atom stereocenters. The number of benzene rings is 6. The zero-order chi connectivity index (χ0) is 46.9. The Morgan fingerprint density at radius 3 is 0.969 bits per heavy atom. The molecule has 6 aromatic carbocycles. The van der Waals surface area contributed by atoms with E-state index in [1.807, 2.05) is 57.7 Å². The molecule has 0 radical (unpaired) electrons. The Morgan fingerprint density at radius 1 is 0.391 bits per heavy atom. The molecule has 0 aliphatic carbocycles. The summed E-state index contributed by atoms with van der Waals surface area (Å²) in [5.74, 6) is 0. The summed E-state index contributed by atoms with van der Waals surface area (Å²) in [7, 11) is 0. The van der Waals surface area contributed by atoms with Gasteiger partial charge in [-0.15, -0.1) is 0 Å². The second-order valence-corrected chi connectivity index (χ2v) is 21.4. The first-order valence-electron chi connectivity index (χ1n) is 21.5. The monoisotopic (exact) mass is 869 g/mol. The number of alkyl halides is 6. The van der Waals surface area contributed by atoms with E-state index in [0.29, 0.717) is 22.1 Å². The van der Waals surface area contributed by atoms with E-state index in [-0.39, 0.29) is 50.2 Å². The van der Waals surface area contributed by atoms with Gasteiger partial charge in [-0.2, -0.15) is 31.6 Å². The molecule has 330 valence electrons. The highest BCUT2D eigenvalue weighted by molar-refractivity contribution is 6.12. The molecular formula is C55H53F6N3. The number of rotatable bonds is 3. The van der Waals surface area contributed by atoms with Crippen molar-refractivity contribution in [1.82, 2.24) is 9.13 Å². The molecule has 0 spiro atoms. The standard InChI is InChI=1S/C55H53F6N3/c1-50(2,3)32-13-18-37-38-19-14-33(51(4,5)6)27-44(38)63(43(37)26-32)47-23-31(30-62)24-48(49(47)41-22-17-36(54(56,57)58)25-42(41)55(59,60)61)64-45-28-34(52(7,8)9)15-20-39(45)40-21-16-35(29-46(40)64)53(10,11)12/h13-29H,1-12H3. The minimum Gasteiger partial charge on any atom is -0.308 e. The van der Waals surface area contributed by atoms with Gasteiger partial charge in [-0.1, -0.05) is 138 Å². The molecule has 0 aliphatic rings. The van der Waals surface area contributed by atoms with Crippen LogP contribution in [-0.2, 0) is 34.0 Å². The van der Waals surface area contributed by atoms with Crippen molar-refractivity contribution >= 4 is 43.6 Å². The van der Waals surface area contributed by atoms with Gasteiger partial charge in [0.05, 0.1) is 56.2 Å². The largest absolute Gasteiger partial charge is 0.417 e. The second-order valence-electron chi connectivity index (χ2n) is 21.4. The maximum Gasteiger partial charge on any atom is 0.417 e. The smallest absolute Gasteiger partial charge is 0.308 e. The molecule has 0 unspecified atom stereocenters. The van der Waals surface area contributed by atoms with Crippen LogP contribution in [0, 0.1) is 11.3 Å². The SMILES string of the molecule is CC(C)(C)c1ccc2c3ccc(C(C)(C)C)cc3n(-c3cc(C#N)cc(-n4c5cc(C(C)(C)C)ccc5c5ccc(C(C)(C)C)cc54)c3-c3ccc(C(F)(F)F)cc3C(F)(F)F)c2c1. The number of aromatic nitrogens is 2. The van der Waals surface area contributed by atoms with Gasteiger partial charge in [0.1, 0.15) is 0 Å². The fourth-order valence-electron chi connectivity index (χ4n) is 8.90. The van der Waals surface area contributed by atoms with Crippen molar-refractivity contribution in [2.24, 2.45) is 0 Å². The second kappa shape index (κ2) is 14.5. The van der Waals surface area contributed by atoms with E-state index >= 15 is 13.2 Å².